The number of fused-ring (bicyclic) bond motifs is 1. The zero-order valence-electron chi connectivity index (χ0n) is 21.9. The number of para-hydroxylation sites is 1. The van der Waals surface area contributed by atoms with Gasteiger partial charge in [0.25, 0.3) is 0 Å². The second-order valence-corrected chi connectivity index (χ2v) is 10.5. The lowest BCUT2D eigenvalue weighted by atomic mass is 9.90. The SMILES string of the molecule is CC(C)C[C@H](NC1CCC(n2cc(-c3ccc(Oc4ccccc4)cc3)c3c(N)ncnc32)CC1)C(=O)O. The van der Waals surface area contributed by atoms with E-state index >= 15 is 0 Å². The van der Waals surface area contributed by atoms with E-state index in [0.29, 0.717) is 18.2 Å². The monoisotopic (exact) mass is 513 g/mol. The molecule has 0 radical (unpaired) electrons. The first-order valence-corrected chi connectivity index (χ1v) is 13.3. The van der Waals surface area contributed by atoms with Crippen LogP contribution in [0.25, 0.3) is 22.2 Å². The van der Waals surface area contributed by atoms with Crippen LogP contribution in [0.4, 0.5) is 5.82 Å². The summed E-state index contributed by atoms with van der Waals surface area (Å²) in [6.07, 6.45) is 7.98. The molecule has 0 saturated heterocycles. The van der Waals surface area contributed by atoms with Crippen molar-refractivity contribution in [2.24, 2.45) is 5.92 Å². The van der Waals surface area contributed by atoms with Gasteiger partial charge in [0.2, 0.25) is 0 Å². The number of nitrogens with one attached hydrogen (secondary N) is 1. The van der Waals surface area contributed by atoms with E-state index in [1.807, 2.05) is 54.6 Å². The Labute approximate surface area is 222 Å². The molecule has 1 aliphatic rings. The van der Waals surface area contributed by atoms with Crippen molar-refractivity contribution < 1.29 is 14.6 Å². The molecule has 4 aromatic rings. The van der Waals surface area contributed by atoms with Crippen LogP contribution in [0, 0.1) is 5.92 Å². The number of nitrogens with two attached hydrogens (primary N) is 1. The van der Waals surface area contributed by atoms with Gasteiger partial charge in [-0.2, -0.15) is 0 Å². The molecule has 0 amide bonds. The molecular formula is C30H35N5O3. The van der Waals surface area contributed by atoms with Crippen LogP contribution in [-0.2, 0) is 4.79 Å². The number of carboxylic acid groups (broad SMARTS) is 1. The van der Waals surface area contributed by atoms with Gasteiger partial charge in [0.15, 0.2) is 0 Å². The van der Waals surface area contributed by atoms with Gasteiger partial charge in [0, 0.05) is 23.8 Å². The number of rotatable bonds is 9. The summed E-state index contributed by atoms with van der Waals surface area (Å²) in [5, 5.41) is 13.9. The fourth-order valence-electron chi connectivity index (χ4n) is 5.45. The van der Waals surface area contributed by atoms with Crippen molar-refractivity contribution in [3.05, 3.63) is 67.1 Å². The average molecular weight is 514 g/mol. The normalized spacial score (nSPS) is 18.5. The molecule has 0 bridgehead atoms. The van der Waals surface area contributed by atoms with E-state index in [9.17, 15) is 9.90 Å². The van der Waals surface area contributed by atoms with Crippen molar-refractivity contribution in [2.75, 3.05) is 5.73 Å². The molecule has 38 heavy (non-hydrogen) atoms. The highest BCUT2D eigenvalue weighted by molar-refractivity contribution is 6.00. The Kier molecular flexibility index (Phi) is 7.60. The van der Waals surface area contributed by atoms with Crippen molar-refractivity contribution in [3.8, 4) is 22.6 Å². The number of benzene rings is 2. The smallest absolute Gasteiger partial charge is 0.320 e. The minimum absolute atomic E-state index is 0.198. The molecule has 2 heterocycles. The minimum atomic E-state index is -0.769. The molecule has 4 N–H and O–H groups in total. The Morgan fingerprint density at radius 3 is 2.39 bits per heavy atom. The van der Waals surface area contributed by atoms with Gasteiger partial charge >= 0.3 is 5.97 Å². The number of carboxylic acids is 1. The number of hydrogen-bond donors (Lipinski definition) is 3. The highest BCUT2D eigenvalue weighted by atomic mass is 16.5. The molecule has 1 aliphatic carbocycles. The Morgan fingerprint density at radius 1 is 1.05 bits per heavy atom. The molecule has 198 valence electrons. The Bertz CT molecular complexity index is 1380. The van der Waals surface area contributed by atoms with Gasteiger partial charge in [-0.3, -0.25) is 4.79 Å². The molecule has 0 unspecified atom stereocenters. The van der Waals surface area contributed by atoms with Gasteiger partial charge in [0.1, 0.15) is 35.3 Å². The first-order chi connectivity index (χ1) is 18.4. The maximum Gasteiger partial charge on any atom is 0.320 e. The number of ether oxygens (including phenoxy) is 1. The second kappa shape index (κ2) is 11.2. The van der Waals surface area contributed by atoms with Gasteiger partial charge < -0.3 is 25.5 Å². The van der Waals surface area contributed by atoms with Gasteiger partial charge in [-0.05, 0) is 67.9 Å². The van der Waals surface area contributed by atoms with Crippen LogP contribution in [-0.4, -0.2) is 37.7 Å². The molecule has 0 spiro atoms. The molecule has 1 fully saturated rings. The van der Waals surface area contributed by atoms with Crippen LogP contribution >= 0.6 is 0 Å². The number of hydrogen-bond acceptors (Lipinski definition) is 6. The molecule has 0 aliphatic heterocycles. The summed E-state index contributed by atoms with van der Waals surface area (Å²) >= 11 is 0. The Hall–Kier alpha value is -3.91. The largest absolute Gasteiger partial charge is 0.480 e. The maximum atomic E-state index is 11.7. The third kappa shape index (κ3) is 5.65. The van der Waals surface area contributed by atoms with Gasteiger partial charge in [0.05, 0.1) is 5.39 Å². The zero-order chi connectivity index (χ0) is 26.6. The molecule has 1 saturated carbocycles. The summed E-state index contributed by atoms with van der Waals surface area (Å²) in [4.78, 5) is 20.6. The number of nitrogens with zero attached hydrogens (tertiary/aromatic N) is 3. The van der Waals surface area contributed by atoms with E-state index in [1.54, 1.807) is 0 Å². The quantitative estimate of drug-likeness (QED) is 0.250. The van der Waals surface area contributed by atoms with Crippen molar-refractivity contribution in [1.29, 1.82) is 0 Å². The first-order valence-electron chi connectivity index (χ1n) is 13.3. The van der Waals surface area contributed by atoms with Crippen LogP contribution in [0.3, 0.4) is 0 Å². The average Bonchev–Trinajstić information content (AvgIpc) is 3.30. The number of aliphatic carboxylic acids is 1. The van der Waals surface area contributed by atoms with Crippen molar-refractivity contribution in [1.82, 2.24) is 19.9 Å². The van der Waals surface area contributed by atoms with Gasteiger partial charge in [-0.15, -0.1) is 0 Å². The van der Waals surface area contributed by atoms with E-state index in [-0.39, 0.29) is 12.1 Å². The third-order valence-corrected chi connectivity index (χ3v) is 7.32. The molecule has 5 rings (SSSR count). The summed E-state index contributed by atoms with van der Waals surface area (Å²) in [6.45, 7) is 4.11. The molecular weight excluding hydrogens is 478 g/mol. The standard InChI is InChI=1S/C30H35N5O3/c1-19(2)16-26(30(36)37)34-21-10-12-22(13-11-21)35-17-25(27-28(31)32-18-33-29(27)35)20-8-14-24(15-9-20)38-23-6-4-3-5-7-23/h3-9,14-15,17-19,21-22,26,34H,10-13,16H2,1-2H3,(H,36,37)(H2,31,32,33)/t21?,22?,26-/m0/s1. The zero-order valence-corrected chi connectivity index (χ0v) is 21.9. The molecule has 8 nitrogen and oxygen atoms in total. The lowest BCUT2D eigenvalue weighted by Crippen LogP contribution is -2.45. The minimum Gasteiger partial charge on any atom is -0.480 e. The predicted octanol–water partition coefficient (Wildman–Crippen LogP) is 6.05. The summed E-state index contributed by atoms with van der Waals surface area (Å²) in [5.41, 5.74) is 9.20. The van der Waals surface area contributed by atoms with E-state index < -0.39 is 12.0 Å². The van der Waals surface area contributed by atoms with E-state index in [1.165, 1.54) is 6.33 Å². The summed E-state index contributed by atoms with van der Waals surface area (Å²) < 4.78 is 8.19. The van der Waals surface area contributed by atoms with Crippen molar-refractivity contribution in [3.63, 3.8) is 0 Å². The fourth-order valence-corrected chi connectivity index (χ4v) is 5.45. The highest BCUT2D eigenvalue weighted by Gasteiger charge is 2.29. The van der Waals surface area contributed by atoms with E-state index in [2.05, 4.69) is 39.9 Å². The van der Waals surface area contributed by atoms with Crippen LogP contribution < -0.4 is 15.8 Å². The summed E-state index contributed by atoms with van der Waals surface area (Å²) in [6, 6.07) is 17.6. The lowest BCUT2D eigenvalue weighted by molar-refractivity contribution is -0.140. The number of carbonyl (C=O) groups is 1. The predicted molar refractivity (Wildman–Crippen MR) is 149 cm³/mol. The summed E-state index contributed by atoms with van der Waals surface area (Å²) in [5.74, 6) is 1.57. The van der Waals surface area contributed by atoms with Crippen molar-refractivity contribution >= 4 is 22.8 Å². The fraction of sp³-hybridized carbons (Fsp3) is 0.367. The van der Waals surface area contributed by atoms with Crippen LogP contribution in [0.2, 0.25) is 0 Å². The molecule has 2 aromatic carbocycles. The van der Waals surface area contributed by atoms with Gasteiger partial charge in [-0.1, -0.05) is 44.2 Å². The van der Waals surface area contributed by atoms with E-state index in [0.717, 1.165) is 59.3 Å². The summed E-state index contributed by atoms with van der Waals surface area (Å²) in [7, 11) is 0. The van der Waals surface area contributed by atoms with Crippen LogP contribution in [0.5, 0.6) is 11.5 Å². The van der Waals surface area contributed by atoms with Crippen molar-refractivity contribution in [2.45, 2.75) is 64.1 Å². The Balaban J connectivity index is 1.35. The molecule has 2 aromatic heterocycles. The number of nitrogen functional groups attached to an aromatic ring is 1. The highest BCUT2D eigenvalue weighted by Crippen LogP contribution is 2.38. The third-order valence-electron chi connectivity index (χ3n) is 7.32. The van der Waals surface area contributed by atoms with Crippen LogP contribution in [0.15, 0.2) is 67.1 Å². The van der Waals surface area contributed by atoms with Gasteiger partial charge in [-0.25, -0.2) is 9.97 Å². The lowest BCUT2D eigenvalue weighted by Gasteiger charge is -2.32. The maximum absolute atomic E-state index is 11.7. The van der Waals surface area contributed by atoms with Crippen LogP contribution in [0.1, 0.15) is 52.0 Å². The second-order valence-electron chi connectivity index (χ2n) is 10.5. The molecule has 8 heteroatoms. The Morgan fingerprint density at radius 2 is 1.74 bits per heavy atom. The molecule has 1 atom stereocenters. The number of aromatic nitrogens is 3. The topological polar surface area (TPSA) is 115 Å². The van der Waals surface area contributed by atoms with E-state index in [4.69, 9.17) is 10.5 Å². The number of anilines is 1. The first kappa shape index (κ1) is 25.7.